The molecule has 1 atom stereocenters. The van der Waals surface area contributed by atoms with Crippen molar-refractivity contribution in [3.8, 4) is 0 Å². The first-order valence-electron chi connectivity index (χ1n) is 4.37. The van der Waals surface area contributed by atoms with Gasteiger partial charge in [-0.25, -0.2) is 17.6 Å². The lowest BCUT2D eigenvalue weighted by Crippen LogP contribution is -2.23. The summed E-state index contributed by atoms with van der Waals surface area (Å²) in [6, 6.07) is 0.469. The van der Waals surface area contributed by atoms with Gasteiger partial charge in [0.25, 0.3) is 0 Å². The van der Waals surface area contributed by atoms with Crippen LogP contribution in [-0.4, -0.2) is 5.11 Å². The first-order valence-corrected chi connectivity index (χ1v) is 4.37. The fraction of sp³-hybridized carbons (Fsp3) is 0.400. The van der Waals surface area contributed by atoms with Crippen LogP contribution in [0.4, 0.5) is 17.6 Å². The maximum atomic E-state index is 13.2. The number of aliphatic hydroxyl groups is 1. The molecule has 1 aromatic rings. The Labute approximate surface area is 84.3 Å². The van der Waals surface area contributed by atoms with Crippen LogP contribution < -0.4 is 0 Å². The lowest BCUT2D eigenvalue weighted by molar-refractivity contribution is 0.0478. The van der Waals surface area contributed by atoms with Crippen LogP contribution in [0.5, 0.6) is 0 Å². The molecule has 0 saturated carbocycles. The van der Waals surface area contributed by atoms with Gasteiger partial charge in [-0.15, -0.1) is 0 Å². The zero-order valence-electron chi connectivity index (χ0n) is 8.24. The molecule has 0 amide bonds. The fourth-order valence-corrected chi connectivity index (χ4v) is 1.16. The van der Waals surface area contributed by atoms with Crippen LogP contribution in [-0.2, 0) is 5.60 Å². The zero-order valence-corrected chi connectivity index (χ0v) is 8.24. The monoisotopic (exact) mass is 222 g/mol. The molecule has 0 spiro atoms. The predicted molar refractivity (Wildman–Crippen MR) is 46.1 cm³/mol. The standard InChI is InChI=1S/C10H10F4O/c1-3-10(2,15)5-4-6(11)8(13)9(14)7(5)12/h4,15H,3H2,1-2H3. The first kappa shape index (κ1) is 12.0. The largest absolute Gasteiger partial charge is 0.385 e. The molecule has 0 heterocycles. The van der Waals surface area contributed by atoms with Crippen LogP contribution in [0.3, 0.4) is 0 Å². The fourth-order valence-electron chi connectivity index (χ4n) is 1.16. The molecule has 1 aromatic carbocycles. The minimum Gasteiger partial charge on any atom is -0.385 e. The van der Waals surface area contributed by atoms with Gasteiger partial charge in [0.1, 0.15) is 0 Å². The van der Waals surface area contributed by atoms with Crippen molar-refractivity contribution < 1.29 is 22.7 Å². The van der Waals surface area contributed by atoms with Gasteiger partial charge in [0.15, 0.2) is 23.3 Å². The minimum absolute atomic E-state index is 0.0500. The highest BCUT2D eigenvalue weighted by molar-refractivity contribution is 5.26. The van der Waals surface area contributed by atoms with Crippen LogP contribution in [0.1, 0.15) is 25.8 Å². The van der Waals surface area contributed by atoms with Crippen molar-refractivity contribution in [2.75, 3.05) is 0 Å². The lowest BCUT2D eigenvalue weighted by atomic mass is 9.92. The minimum atomic E-state index is -1.90. The highest BCUT2D eigenvalue weighted by Gasteiger charge is 2.29. The van der Waals surface area contributed by atoms with E-state index in [1.807, 2.05) is 0 Å². The summed E-state index contributed by atoms with van der Waals surface area (Å²) in [5.41, 5.74) is -2.30. The van der Waals surface area contributed by atoms with Crippen molar-refractivity contribution in [3.05, 3.63) is 34.9 Å². The van der Waals surface area contributed by atoms with Crippen molar-refractivity contribution in [1.82, 2.24) is 0 Å². The molecular formula is C10H10F4O. The molecule has 1 N–H and O–H groups in total. The summed E-state index contributed by atoms with van der Waals surface area (Å²) in [7, 11) is 0. The van der Waals surface area contributed by atoms with E-state index in [1.54, 1.807) is 0 Å². The molecule has 1 unspecified atom stereocenters. The highest BCUT2D eigenvalue weighted by Crippen LogP contribution is 2.29. The molecule has 1 rings (SSSR count). The molecule has 1 nitrogen and oxygen atoms in total. The van der Waals surface area contributed by atoms with Gasteiger partial charge in [0, 0.05) is 5.56 Å². The van der Waals surface area contributed by atoms with E-state index in [2.05, 4.69) is 0 Å². The number of rotatable bonds is 2. The summed E-state index contributed by atoms with van der Waals surface area (Å²) in [6.45, 7) is 2.71. The van der Waals surface area contributed by atoms with E-state index in [9.17, 15) is 22.7 Å². The Kier molecular flexibility index (Phi) is 3.04. The summed E-state index contributed by atoms with van der Waals surface area (Å²) in [5.74, 6) is -6.85. The SMILES string of the molecule is CCC(C)(O)c1cc(F)c(F)c(F)c1F. The quantitative estimate of drug-likeness (QED) is 0.463. The third-order valence-electron chi connectivity index (χ3n) is 2.37. The van der Waals surface area contributed by atoms with E-state index >= 15 is 0 Å². The van der Waals surface area contributed by atoms with E-state index in [-0.39, 0.29) is 6.42 Å². The van der Waals surface area contributed by atoms with Crippen LogP contribution in [0.15, 0.2) is 6.07 Å². The Balaban J connectivity index is 3.45. The number of benzene rings is 1. The highest BCUT2D eigenvalue weighted by atomic mass is 19.2. The van der Waals surface area contributed by atoms with Gasteiger partial charge in [-0.2, -0.15) is 0 Å². The van der Waals surface area contributed by atoms with E-state index in [1.165, 1.54) is 13.8 Å². The van der Waals surface area contributed by atoms with Gasteiger partial charge >= 0.3 is 0 Å². The molecule has 0 aliphatic carbocycles. The molecule has 84 valence electrons. The molecule has 0 saturated heterocycles. The first-order chi connectivity index (χ1) is 6.81. The average Bonchev–Trinajstić information content (AvgIpc) is 2.20. The predicted octanol–water partition coefficient (Wildman–Crippen LogP) is 2.86. The Morgan fingerprint density at radius 2 is 1.67 bits per heavy atom. The average molecular weight is 222 g/mol. The summed E-state index contributed by atoms with van der Waals surface area (Å²) < 4.78 is 51.4. The van der Waals surface area contributed by atoms with Crippen LogP contribution in [0.25, 0.3) is 0 Å². The Morgan fingerprint density at radius 1 is 1.13 bits per heavy atom. The normalized spacial score (nSPS) is 15.1. The summed E-state index contributed by atoms with van der Waals surface area (Å²) >= 11 is 0. The molecule has 5 heteroatoms. The Bertz CT molecular complexity index is 387. The maximum Gasteiger partial charge on any atom is 0.197 e. The van der Waals surface area contributed by atoms with E-state index in [4.69, 9.17) is 0 Å². The molecule has 15 heavy (non-hydrogen) atoms. The van der Waals surface area contributed by atoms with Gasteiger partial charge < -0.3 is 5.11 Å². The van der Waals surface area contributed by atoms with E-state index in [0.29, 0.717) is 6.07 Å². The van der Waals surface area contributed by atoms with E-state index < -0.39 is 34.4 Å². The zero-order chi connectivity index (χ0) is 11.8. The molecule has 0 aliphatic heterocycles. The van der Waals surface area contributed by atoms with Gasteiger partial charge in [-0.05, 0) is 19.4 Å². The van der Waals surface area contributed by atoms with Crippen molar-refractivity contribution in [2.24, 2.45) is 0 Å². The second-order valence-electron chi connectivity index (χ2n) is 3.48. The second kappa shape index (κ2) is 3.81. The number of halogens is 4. The van der Waals surface area contributed by atoms with Crippen LogP contribution in [0.2, 0.25) is 0 Å². The maximum absolute atomic E-state index is 13.2. The lowest BCUT2D eigenvalue weighted by Gasteiger charge is -2.22. The van der Waals surface area contributed by atoms with E-state index in [0.717, 1.165) is 0 Å². The van der Waals surface area contributed by atoms with Gasteiger partial charge in [-0.3, -0.25) is 0 Å². The third kappa shape index (κ3) is 1.97. The van der Waals surface area contributed by atoms with Crippen LogP contribution in [0, 0.1) is 23.3 Å². The van der Waals surface area contributed by atoms with Gasteiger partial charge in [0.2, 0.25) is 0 Å². The van der Waals surface area contributed by atoms with Crippen molar-refractivity contribution >= 4 is 0 Å². The Hall–Kier alpha value is -1.10. The topological polar surface area (TPSA) is 20.2 Å². The van der Waals surface area contributed by atoms with Crippen molar-refractivity contribution in [1.29, 1.82) is 0 Å². The van der Waals surface area contributed by atoms with Gasteiger partial charge in [0.05, 0.1) is 5.60 Å². The summed E-state index contributed by atoms with van der Waals surface area (Å²) in [6.07, 6.45) is 0.0500. The molecule has 0 fully saturated rings. The number of hydrogen-bond acceptors (Lipinski definition) is 1. The van der Waals surface area contributed by atoms with Crippen LogP contribution >= 0.6 is 0 Å². The van der Waals surface area contributed by atoms with Crippen molar-refractivity contribution in [2.45, 2.75) is 25.9 Å². The summed E-state index contributed by atoms with van der Waals surface area (Å²) in [4.78, 5) is 0. The molecule has 0 radical (unpaired) electrons. The summed E-state index contributed by atoms with van der Waals surface area (Å²) in [5, 5.41) is 9.62. The second-order valence-corrected chi connectivity index (χ2v) is 3.48. The molecule has 0 bridgehead atoms. The third-order valence-corrected chi connectivity index (χ3v) is 2.37. The van der Waals surface area contributed by atoms with Gasteiger partial charge in [-0.1, -0.05) is 6.92 Å². The molecule has 0 aromatic heterocycles. The Morgan fingerprint density at radius 3 is 2.13 bits per heavy atom. The number of hydrogen-bond donors (Lipinski definition) is 1. The molecular weight excluding hydrogens is 212 g/mol. The smallest absolute Gasteiger partial charge is 0.197 e. The van der Waals surface area contributed by atoms with Crippen molar-refractivity contribution in [3.63, 3.8) is 0 Å². The molecule has 0 aliphatic rings.